The topological polar surface area (TPSA) is 50.7 Å². The molecule has 1 aromatic carbocycles. The first kappa shape index (κ1) is 18.0. The van der Waals surface area contributed by atoms with Crippen LogP contribution in [0.5, 0.6) is 5.75 Å². The maximum atomic E-state index is 11.9. The van der Waals surface area contributed by atoms with Crippen molar-refractivity contribution < 1.29 is 9.53 Å². The summed E-state index contributed by atoms with van der Waals surface area (Å²) >= 11 is 3.47. The van der Waals surface area contributed by atoms with Gasteiger partial charge in [-0.15, -0.1) is 0 Å². The Balaban J connectivity index is 1.80. The molecule has 1 aliphatic carbocycles. The number of aryl methyl sites for hydroxylation is 1. The second-order valence-electron chi connectivity index (χ2n) is 5.89. The van der Waals surface area contributed by atoms with Crippen LogP contribution in [0, 0.1) is 0 Å². The van der Waals surface area contributed by atoms with Crippen molar-refractivity contribution in [3.05, 3.63) is 28.2 Å². The quantitative estimate of drug-likeness (QED) is 0.758. The van der Waals surface area contributed by atoms with Gasteiger partial charge >= 0.3 is 0 Å². The Morgan fingerprint density at radius 1 is 1.22 bits per heavy atom. The predicted molar refractivity (Wildman–Crippen MR) is 96.9 cm³/mol. The van der Waals surface area contributed by atoms with Gasteiger partial charge in [0.25, 0.3) is 5.91 Å². The fourth-order valence-corrected chi connectivity index (χ4v) is 3.16. The molecule has 1 aliphatic rings. The number of benzene rings is 1. The predicted octanol–water partition coefficient (Wildman–Crippen LogP) is 4.61. The minimum absolute atomic E-state index is 0.0269. The first-order chi connectivity index (χ1) is 11.2. The van der Waals surface area contributed by atoms with Crippen LogP contribution >= 0.6 is 15.9 Å². The summed E-state index contributed by atoms with van der Waals surface area (Å²) in [6, 6.07) is 5.91. The molecular formula is C18H25BrN2O2. The smallest absolute Gasteiger partial charge is 0.277 e. The summed E-state index contributed by atoms with van der Waals surface area (Å²) in [6.45, 7) is 2.07. The van der Waals surface area contributed by atoms with Gasteiger partial charge in [-0.1, -0.05) is 32.3 Å². The van der Waals surface area contributed by atoms with E-state index in [0.29, 0.717) is 5.75 Å². The lowest BCUT2D eigenvalue weighted by Crippen LogP contribution is -2.26. The van der Waals surface area contributed by atoms with Gasteiger partial charge in [0.05, 0.1) is 4.47 Å². The van der Waals surface area contributed by atoms with Gasteiger partial charge in [0.1, 0.15) is 5.75 Å². The maximum Gasteiger partial charge on any atom is 0.277 e. The van der Waals surface area contributed by atoms with Crippen molar-refractivity contribution in [3.8, 4) is 5.75 Å². The van der Waals surface area contributed by atoms with Crippen molar-refractivity contribution in [2.24, 2.45) is 5.10 Å². The third kappa shape index (κ3) is 6.34. The summed E-state index contributed by atoms with van der Waals surface area (Å²) in [4.78, 5) is 11.9. The van der Waals surface area contributed by atoms with E-state index in [1.54, 1.807) is 0 Å². The third-order valence-electron chi connectivity index (χ3n) is 4.03. The van der Waals surface area contributed by atoms with E-state index >= 15 is 0 Å². The molecule has 0 unspecified atom stereocenters. The molecule has 126 valence electrons. The number of hydrazone groups is 1. The molecule has 1 saturated carbocycles. The fourth-order valence-electron chi connectivity index (χ4n) is 2.62. The summed E-state index contributed by atoms with van der Waals surface area (Å²) in [6.07, 6.45) is 9.13. The van der Waals surface area contributed by atoms with Crippen molar-refractivity contribution in [1.29, 1.82) is 0 Å². The Kier molecular flexibility index (Phi) is 7.59. The van der Waals surface area contributed by atoms with Crippen LogP contribution in [0.3, 0.4) is 0 Å². The Labute approximate surface area is 146 Å². The Hall–Kier alpha value is -1.36. The zero-order valence-electron chi connectivity index (χ0n) is 13.7. The molecule has 1 fully saturated rings. The van der Waals surface area contributed by atoms with Crippen LogP contribution in [-0.4, -0.2) is 18.2 Å². The third-order valence-corrected chi connectivity index (χ3v) is 4.65. The van der Waals surface area contributed by atoms with Crippen LogP contribution in [0.15, 0.2) is 27.8 Å². The highest BCUT2D eigenvalue weighted by molar-refractivity contribution is 9.10. The van der Waals surface area contributed by atoms with E-state index in [2.05, 4.69) is 33.4 Å². The van der Waals surface area contributed by atoms with E-state index in [1.165, 1.54) is 37.7 Å². The number of ether oxygens (including phenoxy) is 1. The summed E-state index contributed by atoms with van der Waals surface area (Å²) in [5.41, 5.74) is 4.95. The van der Waals surface area contributed by atoms with Crippen LogP contribution in [0.1, 0.15) is 57.4 Å². The molecule has 1 aromatic rings. The van der Waals surface area contributed by atoms with Crippen molar-refractivity contribution in [2.75, 3.05) is 6.61 Å². The Bertz CT molecular complexity index is 548. The Morgan fingerprint density at radius 3 is 2.57 bits per heavy atom. The number of halogens is 1. The van der Waals surface area contributed by atoms with E-state index in [9.17, 15) is 4.79 Å². The van der Waals surface area contributed by atoms with E-state index in [0.717, 1.165) is 29.4 Å². The summed E-state index contributed by atoms with van der Waals surface area (Å²) < 4.78 is 6.43. The van der Waals surface area contributed by atoms with Crippen LogP contribution in [0.4, 0.5) is 0 Å². The molecule has 0 aliphatic heterocycles. The molecule has 23 heavy (non-hydrogen) atoms. The molecule has 0 heterocycles. The molecule has 1 amide bonds. The molecule has 0 saturated heterocycles. The van der Waals surface area contributed by atoms with Crippen LogP contribution < -0.4 is 10.2 Å². The lowest BCUT2D eigenvalue weighted by Gasteiger charge is -2.11. The van der Waals surface area contributed by atoms with E-state index in [4.69, 9.17) is 4.74 Å². The highest BCUT2D eigenvalue weighted by atomic mass is 79.9. The number of hydrogen-bond acceptors (Lipinski definition) is 3. The first-order valence-corrected chi connectivity index (χ1v) is 9.24. The van der Waals surface area contributed by atoms with E-state index < -0.39 is 0 Å². The highest BCUT2D eigenvalue weighted by Crippen LogP contribution is 2.26. The zero-order valence-corrected chi connectivity index (χ0v) is 15.3. The van der Waals surface area contributed by atoms with Crippen molar-refractivity contribution >= 4 is 27.5 Å². The molecular weight excluding hydrogens is 356 g/mol. The SMILES string of the molecule is CCc1ccc(OCC(=O)NN=C2CCCCCCC2)c(Br)c1. The van der Waals surface area contributed by atoms with Gasteiger partial charge in [0.15, 0.2) is 6.61 Å². The minimum Gasteiger partial charge on any atom is -0.483 e. The van der Waals surface area contributed by atoms with Crippen molar-refractivity contribution in [3.63, 3.8) is 0 Å². The van der Waals surface area contributed by atoms with Gasteiger partial charge in [0, 0.05) is 5.71 Å². The van der Waals surface area contributed by atoms with Gasteiger partial charge in [-0.2, -0.15) is 5.10 Å². The molecule has 0 aromatic heterocycles. The number of amides is 1. The van der Waals surface area contributed by atoms with Gasteiger partial charge in [-0.3, -0.25) is 4.79 Å². The van der Waals surface area contributed by atoms with Crippen LogP contribution in [-0.2, 0) is 11.2 Å². The van der Waals surface area contributed by atoms with Crippen molar-refractivity contribution in [1.82, 2.24) is 5.43 Å². The minimum atomic E-state index is -0.217. The van der Waals surface area contributed by atoms with Crippen LogP contribution in [0.2, 0.25) is 0 Å². The second kappa shape index (κ2) is 9.71. The largest absolute Gasteiger partial charge is 0.483 e. The molecule has 5 heteroatoms. The maximum absolute atomic E-state index is 11.9. The average Bonchev–Trinajstić information content (AvgIpc) is 2.52. The van der Waals surface area contributed by atoms with Gasteiger partial charge in [-0.25, -0.2) is 5.43 Å². The number of nitrogens with zero attached hydrogens (tertiary/aromatic N) is 1. The van der Waals surface area contributed by atoms with E-state index in [-0.39, 0.29) is 12.5 Å². The summed E-state index contributed by atoms with van der Waals surface area (Å²) in [7, 11) is 0. The lowest BCUT2D eigenvalue weighted by atomic mass is 9.99. The summed E-state index contributed by atoms with van der Waals surface area (Å²) in [5, 5.41) is 4.27. The average molecular weight is 381 g/mol. The monoisotopic (exact) mass is 380 g/mol. The first-order valence-electron chi connectivity index (χ1n) is 8.44. The molecule has 0 spiro atoms. The number of nitrogens with one attached hydrogen (secondary N) is 1. The molecule has 2 rings (SSSR count). The van der Waals surface area contributed by atoms with Gasteiger partial charge < -0.3 is 4.74 Å². The van der Waals surface area contributed by atoms with Crippen LogP contribution in [0.25, 0.3) is 0 Å². The molecule has 1 N–H and O–H groups in total. The normalized spacial score (nSPS) is 15.5. The number of rotatable bonds is 5. The molecule has 0 radical (unpaired) electrons. The molecule has 0 atom stereocenters. The second-order valence-corrected chi connectivity index (χ2v) is 6.74. The fraction of sp³-hybridized carbons (Fsp3) is 0.556. The zero-order chi connectivity index (χ0) is 16.5. The summed E-state index contributed by atoms with van der Waals surface area (Å²) in [5.74, 6) is 0.460. The number of carbonyl (C=O) groups is 1. The van der Waals surface area contributed by atoms with Crippen molar-refractivity contribution in [2.45, 2.75) is 58.3 Å². The molecule has 4 nitrogen and oxygen atoms in total. The Morgan fingerprint density at radius 2 is 1.91 bits per heavy atom. The van der Waals surface area contributed by atoms with Gasteiger partial charge in [-0.05, 0) is 65.7 Å². The van der Waals surface area contributed by atoms with Gasteiger partial charge in [0.2, 0.25) is 0 Å². The highest BCUT2D eigenvalue weighted by Gasteiger charge is 2.08. The lowest BCUT2D eigenvalue weighted by molar-refractivity contribution is -0.123. The molecule has 0 bridgehead atoms. The van der Waals surface area contributed by atoms with E-state index in [1.807, 2.05) is 18.2 Å². The standard InChI is InChI=1S/C18H25BrN2O2/c1-2-14-10-11-17(16(19)12-14)23-13-18(22)21-20-15-8-6-4-3-5-7-9-15/h10-12H,2-9,13H2,1H3,(H,21,22). The number of hydrogen-bond donors (Lipinski definition) is 1. The number of carbonyl (C=O) groups excluding carboxylic acids is 1.